The molecule has 1 aliphatic rings. The van der Waals surface area contributed by atoms with E-state index in [9.17, 15) is 13.2 Å². The second-order valence-corrected chi connectivity index (χ2v) is 7.44. The van der Waals surface area contributed by atoms with E-state index in [-0.39, 0.29) is 17.9 Å². The van der Waals surface area contributed by atoms with Gasteiger partial charge in [-0.1, -0.05) is 19.3 Å². The van der Waals surface area contributed by atoms with Gasteiger partial charge < -0.3 is 10.6 Å². The summed E-state index contributed by atoms with van der Waals surface area (Å²) in [6.45, 7) is 0.547. The molecular formula is C12H24N2O3S. The molecule has 0 atom stereocenters. The minimum atomic E-state index is -3.15. The number of amides is 1. The van der Waals surface area contributed by atoms with Crippen LogP contribution in [-0.2, 0) is 14.6 Å². The van der Waals surface area contributed by atoms with Crippen molar-refractivity contribution in [3.8, 4) is 0 Å². The summed E-state index contributed by atoms with van der Waals surface area (Å²) in [6.07, 6.45) is 6.03. The fourth-order valence-electron chi connectivity index (χ4n) is 2.35. The molecule has 0 unspecified atom stereocenters. The van der Waals surface area contributed by atoms with Gasteiger partial charge in [0.2, 0.25) is 5.91 Å². The third-order valence-electron chi connectivity index (χ3n) is 3.61. The van der Waals surface area contributed by atoms with Crippen LogP contribution in [0, 0.1) is 0 Å². The van der Waals surface area contributed by atoms with Gasteiger partial charge in [-0.25, -0.2) is 8.42 Å². The van der Waals surface area contributed by atoms with Crippen LogP contribution in [0.3, 0.4) is 0 Å². The lowest BCUT2D eigenvalue weighted by molar-refractivity contribution is -0.117. The molecule has 1 rings (SSSR count). The van der Waals surface area contributed by atoms with Crippen LogP contribution in [0.15, 0.2) is 0 Å². The maximum atomic E-state index is 11.7. The molecule has 0 bridgehead atoms. The zero-order valence-electron chi connectivity index (χ0n) is 11.1. The number of rotatable bonds is 7. The van der Waals surface area contributed by atoms with E-state index in [1.54, 1.807) is 0 Å². The average Bonchev–Trinajstić information content (AvgIpc) is 2.35. The van der Waals surface area contributed by atoms with Gasteiger partial charge in [-0.15, -0.1) is 0 Å². The Kier molecular flexibility index (Phi) is 6.08. The van der Waals surface area contributed by atoms with Crippen molar-refractivity contribution in [1.29, 1.82) is 0 Å². The monoisotopic (exact) mass is 276 g/mol. The molecule has 2 N–H and O–H groups in total. The van der Waals surface area contributed by atoms with Crippen LogP contribution in [0.4, 0.5) is 0 Å². The van der Waals surface area contributed by atoms with Crippen LogP contribution in [0.25, 0.3) is 0 Å². The fourth-order valence-corrected chi connectivity index (χ4v) is 3.63. The molecule has 0 aliphatic heterocycles. The van der Waals surface area contributed by atoms with Crippen molar-refractivity contribution >= 4 is 15.7 Å². The molecule has 5 nitrogen and oxygen atoms in total. The van der Waals surface area contributed by atoms with E-state index in [0.717, 1.165) is 12.8 Å². The van der Waals surface area contributed by atoms with E-state index >= 15 is 0 Å². The summed E-state index contributed by atoms with van der Waals surface area (Å²) in [5.41, 5.74) is 4.96. The minimum Gasteiger partial charge on any atom is -0.370 e. The molecule has 106 valence electrons. The van der Waals surface area contributed by atoms with Crippen LogP contribution >= 0.6 is 0 Å². The van der Waals surface area contributed by atoms with Gasteiger partial charge in [-0.05, 0) is 19.9 Å². The van der Waals surface area contributed by atoms with Crippen molar-refractivity contribution in [2.24, 2.45) is 5.73 Å². The SMILES string of the molecule is CN(CCS(=O)(=O)CCC(N)=O)C1CCCCC1. The summed E-state index contributed by atoms with van der Waals surface area (Å²) in [5.74, 6) is -0.562. The van der Waals surface area contributed by atoms with Crippen LogP contribution in [-0.4, -0.2) is 50.4 Å². The highest BCUT2D eigenvalue weighted by molar-refractivity contribution is 7.91. The summed E-state index contributed by atoms with van der Waals surface area (Å²) < 4.78 is 23.4. The van der Waals surface area contributed by atoms with E-state index in [1.807, 2.05) is 7.05 Å². The Morgan fingerprint density at radius 2 is 1.83 bits per heavy atom. The molecule has 0 aromatic heterocycles. The van der Waals surface area contributed by atoms with E-state index in [4.69, 9.17) is 5.73 Å². The Morgan fingerprint density at radius 3 is 2.39 bits per heavy atom. The molecule has 0 spiro atoms. The van der Waals surface area contributed by atoms with Gasteiger partial charge in [0.1, 0.15) is 0 Å². The zero-order valence-corrected chi connectivity index (χ0v) is 11.9. The van der Waals surface area contributed by atoms with Crippen LogP contribution < -0.4 is 5.73 Å². The van der Waals surface area contributed by atoms with Gasteiger partial charge in [-0.2, -0.15) is 0 Å². The Morgan fingerprint density at radius 1 is 1.22 bits per heavy atom. The molecule has 0 heterocycles. The normalized spacial score (nSPS) is 18.1. The molecule has 18 heavy (non-hydrogen) atoms. The standard InChI is InChI=1S/C12H24N2O3S/c1-14(11-5-3-2-4-6-11)8-10-18(16,17)9-7-12(13)15/h11H,2-10H2,1H3,(H2,13,15). The second kappa shape index (κ2) is 7.09. The summed E-state index contributed by atoms with van der Waals surface area (Å²) >= 11 is 0. The molecular weight excluding hydrogens is 252 g/mol. The Bertz CT molecular complexity index is 362. The topological polar surface area (TPSA) is 80.5 Å². The zero-order chi connectivity index (χ0) is 13.6. The highest BCUT2D eigenvalue weighted by Gasteiger charge is 2.20. The highest BCUT2D eigenvalue weighted by Crippen LogP contribution is 2.21. The smallest absolute Gasteiger partial charge is 0.218 e. The number of hydrogen-bond donors (Lipinski definition) is 1. The number of nitrogens with zero attached hydrogens (tertiary/aromatic N) is 1. The number of primary amides is 1. The van der Waals surface area contributed by atoms with Crippen LogP contribution in [0.5, 0.6) is 0 Å². The molecule has 1 fully saturated rings. The highest BCUT2D eigenvalue weighted by atomic mass is 32.2. The number of hydrogen-bond acceptors (Lipinski definition) is 4. The molecule has 0 aromatic carbocycles. The summed E-state index contributed by atoms with van der Waals surface area (Å²) in [6, 6.07) is 0.519. The lowest BCUT2D eigenvalue weighted by Gasteiger charge is -2.31. The van der Waals surface area contributed by atoms with Gasteiger partial charge in [0.05, 0.1) is 11.5 Å². The average molecular weight is 276 g/mol. The summed E-state index contributed by atoms with van der Waals surface area (Å²) in [5, 5.41) is 0. The maximum Gasteiger partial charge on any atom is 0.218 e. The molecule has 0 aromatic rings. The molecule has 1 aliphatic carbocycles. The predicted octanol–water partition coefficient (Wildman–Crippen LogP) is 0.541. The van der Waals surface area contributed by atoms with Gasteiger partial charge >= 0.3 is 0 Å². The third kappa shape index (κ3) is 5.82. The van der Waals surface area contributed by atoms with E-state index < -0.39 is 15.7 Å². The number of carbonyl (C=O) groups is 1. The van der Waals surface area contributed by atoms with Gasteiger partial charge in [-0.3, -0.25) is 4.79 Å². The first kappa shape index (κ1) is 15.4. The molecule has 0 saturated heterocycles. The molecule has 1 saturated carbocycles. The van der Waals surface area contributed by atoms with Crippen LogP contribution in [0.1, 0.15) is 38.5 Å². The fraction of sp³-hybridized carbons (Fsp3) is 0.917. The van der Waals surface area contributed by atoms with Crippen molar-refractivity contribution in [3.05, 3.63) is 0 Å². The van der Waals surface area contributed by atoms with Gasteiger partial charge in [0.25, 0.3) is 0 Å². The first-order chi connectivity index (χ1) is 8.41. The largest absolute Gasteiger partial charge is 0.370 e. The van der Waals surface area contributed by atoms with Crippen molar-refractivity contribution in [2.45, 2.75) is 44.6 Å². The molecule has 1 amide bonds. The van der Waals surface area contributed by atoms with E-state index in [2.05, 4.69) is 4.90 Å². The predicted molar refractivity (Wildman–Crippen MR) is 72.0 cm³/mol. The summed E-state index contributed by atoms with van der Waals surface area (Å²) in [4.78, 5) is 12.7. The molecule has 6 heteroatoms. The quantitative estimate of drug-likeness (QED) is 0.736. The third-order valence-corrected chi connectivity index (χ3v) is 5.24. The van der Waals surface area contributed by atoms with Crippen molar-refractivity contribution < 1.29 is 13.2 Å². The lowest BCUT2D eigenvalue weighted by atomic mass is 9.94. The summed E-state index contributed by atoms with van der Waals surface area (Å²) in [7, 11) is -1.17. The minimum absolute atomic E-state index is 0.0739. The van der Waals surface area contributed by atoms with Crippen LogP contribution in [0.2, 0.25) is 0 Å². The van der Waals surface area contributed by atoms with Crippen molar-refractivity contribution in [3.63, 3.8) is 0 Å². The first-order valence-electron chi connectivity index (χ1n) is 6.60. The van der Waals surface area contributed by atoms with Gasteiger partial charge in [0, 0.05) is 19.0 Å². The first-order valence-corrected chi connectivity index (χ1v) is 8.42. The number of nitrogens with two attached hydrogens (primary N) is 1. The van der Waals surface area contributed by atoms with Crippen molar-refractivity contribution in [2.75, 3.05) is 25.1 Å². The van der Waals surface area contributed by atoms with Crippen molar-refractivity contribution in [1.82, 2.24) is 4.90 Å². The maximum absolute atomic E-state index is 11.7. The van der Waals surface area contributed by atoms with E-state index in [1.165, 1.54) is 19.3 Å². The number of sulfone groups is 1. The Hall–Kier alpha value is -0.620. The lowest BCUT2D eigenvalue weighted by Crippen LogP contribution is -2.37. The van der Waals surface area contributed by atoms with E-state index in [0.29, 0.717) is 12.6 Å². The van der Waals surface area contributed by atoms with Gasteiger partial charge in [0.15, 0.2) is 9.84 Å². The second-order valence-electron chi connectivity index (χ2n) is 5.14. The molecule has 0 radical (unpaired) electrons. The number of carbonyl (C=O) groups excluding carboxylic acids is 1. The Balaban J connectivity index is 2.31. The Labute approximate surface area is 110 Å².